The second kappa shape index (κ2) is 11.6. The van der Waals surface area contributed by atoms with Crippen LogP contribution >= 0.6 is 0 Å². The van der Waals surface area contributed by atoms with Gasteiger partial charge >= 0.3 is 5.97 Å². The van der Waals surface area contributed by atoms with E-state index in [0.717, 1.165) is 5.56 Å². The lowest BCUT2D eigenvalue weighted by Gasteiger charge is -2.24. The average molecular weight is 463 g/mol. The number of hydrogen-bond acceptors (Lipinski definition) is 6. The second-order valence-electron chi connectivity index (χ2n) is 6.99. The molecule has 174 valence electrons. The molecule has 0 spiro atoms. The van der Waals surface area contributed by atoms with Crippen molar-refractivity contribution in [1.82, 2.24) is 9.21 Å². The lowest BCUT2D eigenvalue weighted by Crippen LogP contribution is -2.33. The van der Waals surface area contributed by atoms with Crippen molar-refractivity contribution in [3.63, 3.8) is 0 Å². The van der Waals surface area contributed by atoms with Crippen molar-refractivity contribution >= 4 is 21.9 Å². The minimum absolute atomic E-state index is 0.0236. The third kappa shape index (κ3) is 6.08. The van der Waals surface area contributed by atoms with Crippen LogP contribution in [0.2, 0.25) is 0 Å². The Balaban J connectivity index is 2.44. The summed E-state index contributed by atoms with van der Waals surface area (Å²) in [6, 6.07) is 13.7. The van der Waals surface area contributed by atoms with Gasteiger partial charge in [-0.15, -0.1) is 0 Å². The first-order chi connectivity index (χ1) is 15.3. The molecular formula is C23H30N2O6S. The highest BCUT2D eigenvalue weighted by molar-refractivity contribution is 7.89. The highest BCUT2D eigenvalue weighted by Gasteiger charge is 2.28. The molecule has 0 unspecified atom stereocenters. The number of methoxy groups -OCH3 is 2. The molecule has 0 aliphatic heterocycles. The number of sulfonamides is 1. The van der Waals surface area contributed by atoms with E-state index in [9.17, 15) is 18.0 Å². The molecule has 9 heteroatoms. The summed E-state index contributed by atoms with van der Waals surface area (Å²) < 4.78 is 37.5. The lowest BCUT2D eigenvalue weighted by atomic mass is 10.1. The number of carbonyl (C=O) groups excluding carboxylic acids is 2. The third-order valence-electron chi connectivity index (χ3n) is 5.05. The zero-order valence-electron chi connectivity index (χ0n) is 18.9. The highest BCUT2D eigenvalue weighted by Crippen LogP contribution is 2.28. The first-order valence-corrected chi connectivity index (χ1v) is 11.8. The summed E-state index contributed by atoms with van der Waals surface area (Å²) in [6.07, 6.45) is 0.0236. The Kier molecular flexibility index (Phi) is 9.22. The SMILES string of the molecule is CCN(CC)S(=O)(=O)c1cc(C(=O)N(CCC(=O)OC)Cc2ccccc2)ccc1OC. The van der Waals surface area contributed by atoms with Gasteiger partial charge in [-0.1, -0.05) is 44.2 Å². The third-order valence-corrected chi connectivity index (χ3v) is 7.12. The van der Waals surface area contributed by atoms with Gasteiger partial charge in [0.2, 0.25) is 10.0 Å². The normalized spacial score (nSPS) is 11.3. The fourth-order valence-corrected chi connectivity index (χ4v) is 4.92. The van der Waals surface area contributed by atoms with Crippen LogP contribution in [-0.4, -0.2) is 63.4 Å². The number of ether oxygens (including phenoxy) is 2. The van der Waals surface area contributed by atoms with Crippen LogP contribution in [0.3, 0.4) is 0 Å². The molecule has 2 rings (SSSR count). The average Bonchev–Trinajstić information content (AvgIpc) is 2.81. The minimum Gasteiger partial charge on any atom is -0.495 e. The van der Waals surface area contributed by atoms with Gasteiger partial charge in [0.1, 0.15) is 10.6 Å². The van der Waals surface area contributed by atoms with Gasteiger partial charge in [0.15, 0.2) is 0 Å². The van der Waals surface area contributed by atoms with E-state index in [4.69, 9.17) is 9.47 Å². The molecule has 0 fully saturated rings. The molecule has 32 heavy (non-hydrogen) atoms. The fourth-order valence-electron chi connectivity index (χ4n) is 3.28. The summed E-state index contributed by atoms with van der Waals surface area (Å²) in [5.74, 6) is -0.663. The Morgan fingerprint density at radius 1 is 0.969 bits per heavy atom. The van der Waals surface area contributed by atoms with Crippen LogP contribution in [0.25, 0.3) is 0 Å². The van der Waals surface area contributed by atoms with Gasteiger partial charge in [0.05, 0.1) is 20.6 Å². The van der Waals surface area contributed by atoms with Crippen LogP contribution in [0.1, 0.15) is 36.2 Å². The van der Waals surface area contributed by atoms with E-state index in [-0.39, 0.29) is 35.7 Å². The Morgan fingerprint density at radius 3 is 2.19 bits per heavy atom. The molecule has 0 radical (unpaired) electrons. The molecule has 0 aromatic heterocycles. The van der Waals surface area contributed by atoms with Crippen molar-refractivity contribution in [1.29, 1.82) is 0 Å². The van der Waals surface area contributed by atoms with Crippen LogP contribution < -0.4 is 4.74 Å². The molecule has 2 aromatic carbocycles. The van der Waals surface area contributed by atoms with Gasteiger partial charge in [-0.25, -0.2) is 8.42 Å². The maximum Gasteiger partial charge on any atom is 0.307 e. The van der Waals surface area contributed by atoms with Gasteiger partial charge in [-0.05, 0) is 23.8 Å². The Hall–Kier alpha value is -2.91. The fraction of sp³-hybridized carbons (Fsp3) is 0.391. The molecule has 2 aromatic rings. The topological polar surface area (TPSA) is 93.2 Å². The molecule has 0 aliphatic rings. The Bertz CT molecular complexity index is 1020. The van der Waals surface area contributed by atoms with E-state index in [1.807, 2.05) is 30.3 Å². The predicted octanol–water partition coefficient (Wildman–Crippen LogP) is 2.93. The van der Waals surface area contributed by atoms with Crippen molar-refractivity contribution in [2.24, 2.45) is 0 Å². The van der Waals surface area contributed by atoms with E-state index in [1.165, 1.54) is 41.6 Å². The summed E-state index contributed by atoms with van der Waals surface area (Å²) in [5, 5.41) is 0. The van der Waals surface area contributed by atoms with Gasteiger partial charge < -0.3 is 14.4 Å². The lowest BCUT2D eigenvalue weighted by molar-refractivity contribution is -0.140. The molecule has 0 saturated carbocycles. The number of carbonyl (C=O) groups is 2. The predicted molar refractivity (Wildman–Crippen MR) is 121 cm³/mol. The number of esters is 1. The summed E-state index contributed by atoms with van der Waals surface area (Å²) >= 11 is 0. The van der Waals surface area contributed by atoms with E-state index in [1.54, 1.807) is 13.8 Å². The Morgan fingerprint density at radius 2 is 1.62 bits per heavy atom. The smallest absolute Gasteiger partial charge is 0.307 e. The van der Waals surface area contributed by atoms with Crippen molar-refractivity contribution in [2.45, 2.75) is 31.7 Å². The molecule has 0 bridgehead atoms. The molecule has 0 atom stereocenters. The minimum atomic E-state index is -3.85. The molecule has 0 heterocycles. The van der Waals surface area contributed by atoms with E-state index < -0.39 is 21.9 Å². The summed E-state index contributed by atoms with van der Waals surface area (Å²) in [4.78, 5) is 26.5. The van der Waals surface area contributed by atoms with E-state index >= 15 is 0 Å². The number of benzene rings is 2. The number of hydrogen-bond donors (Lipinski definition) is 0. The zero-order valence-corrected chi connectivity index (χ0v) is 19.7. The largest absolute Gasteiger partial charge is 0.495 e. The first kappa shape index (κ1) is 25.4. The first-order valence-electron chi connectivity index (χ1n) is 10.4. The zero-order chi connectivity index (χ0) is 23.7. The molecular weight excluding hydrogens is 432 g/mol. The summed E-state index contributed by atoms with van der Waals surface area (Å²) in [5.41, 5.74) is 1.08. The van der Waals surface area contributed by atoms with E-state index in [2.05, 4.69) is 0 Å². The monoisotopic (exact) mass is 462 g/mol. The number of amides is 1. The van der Waals surface area contributed by atoms with Crippen molar-refractivity contribution in [2.75, 3.05) is 33.9 Å². The maximum atomic E-state index is 13.4. The van der Waals surface area contributed by atoms with Gasteiger partial charge in [0, 0.05) is 31.7 Å². The molecule has 8 nitrogen and oxygen atoms in total. The standard InChI is InChI=1S/C23H30N2O6S/c1-5-25(6-2)32(28,29)21-16-19(12-13-20(21)30-3)23(27)24(15-14-22(26)31-4)17-18-10-8-7-9-11-18/h7-13,16H,5-6,14-15,17H2,1-4H3. The van der Waals surface area contributed by atoms with Crippen LogP contribution in [0.15, 0.2) is 53.4 Å². The molecule has 0 saturated heterocycles. The maximum absolute atomic E-state index is 13.4. The number of nitrogens with zero attached hydrogens (tertiary/aromatic N) is 2. The highest BCUT2D eigenvalue weighted by atomic mass is 32.2. The number of rotatable bonds is 11. The van der Waals surface area contributed by atoms with Crippen LogP contribution in [0.4, 0.5) is 0 Å². The summed E-state index contributed by atoms with van der Waals surface area (Å²) in [7, 11) is -1.17. The van der Waals surface area contributed by atoms with E-state index in [0.29, 0.717) is 13.1 Å². The van der Waals surface area contributed by atoms with Crippen molar-refractivity contribution in [3.05, 3.63) is 59.7 Å². The molecule has 0 N–H and O–H groups in total. The van der Waals surface area contributed by atoms with Crippen LogP contribution in [-0.2, 0) is 26.1 Å². The van der Waals surface area contributed by atoms with Gasteiger partial charge in [0.25, 0.3) is 5.91 Å². The van der Waals surface area contributed by atoms with Gasteiger partial charge in [-0.2, -0.15) is 4.31 Å². The second-order valence-corrected chi connectivity index (χ2v) is 8.90. The Labute approximate surface area is 189 Å². The van der Waals surface area contributed by atoms with Crippen LogP contribution in [0, 0.1) is 0 Å². The molecule has 1 amide bonds. The van der Waals surface area contributed by atoms with Crippen molar-refractivity contribution in [3.8, 4) is 5.75 Å². The van der Waals surface area contributed by atoms with Gasteiger partial charge in [-0.3, -0.25) is 9.59 Å². The van der Waals surface area contributed by atoms with Crippen LogP contribution in [0.5, 0.6) is 5.75 Å². The van der Waals surface area contributed by atoms with Crippen molar-refractivity contribution < 1.29 is 27.5 Å². The summed E-state index contributed by atoms with van der Waals surface area (Å²) in [6.45, 7) is 4.47. The molecule has 0 aliphatic carbocycles. The quantitative estimate of drug-likeness (QED) is 0.477.